The van der Waals surface area contributed by atoms with E-state index in [1.807, 2.05) is 6.07 Å². The minimum absolute atomic E-state index is 0.219. The van der Waals surface area contributed by atoms with Gasteiger partial charge in [0.2, 0.25) is 5.91 Å². The van der Waals surface area contributed by atoms with Crippen molar-refractivity contribution in [1.82, 2.24) is 15.6 Å². The average molecular weight is 435 g/mol. The van der Waals surface area contributed by atoms with E-state index in [0.717, 1.165) is 12.1 Å². The van der Waals surface area contributed by atoms with Gasteiger partial charge in [0.1, 0.15) is 17.5 Å². The summed E-state index contributed by atoms with van der Waals surface area (Å²) >= 11 is 0. The topological polar surface area (TPSA) is 116 Å². The highest BCUT2D eigenvalue weighted by molar-refractivity contribution is 5.94. The van der Waals surface area contributed by atoms with Crippen LogP contribution in [-0.4, -0.2) is 29.8 Å². The predicted octanol–water partition coefficient (Wildman–Crippen LogP) is 3.55. The zero-order valence-electron chi connectivity index (χ0n) is 16.7. The van der Waals surface area contributed by atoms with E-state index in [9.17, 15) is 22.8 Å². The monoisotopic (exact) mass is 435 g/mol. The van der Waals surface area contributed by atoms with Crippen molar-refractivity contribution in [3.8, 4) is 11.8 Å². The minimum Gasteiger partial charge on any atom is -0.406 e. The summed E-state index contributed by atoms with van der Waals surface area (Å²) in [6.45, 7) is 3.10. The summed E-state index contributed by atoms with van der Waals surface area (Å²) in [4.78, 5) is 28.2. The molecule has 0 bridgehead atoms. The van der Waals surface area contributed by atoms with Crippen LogP contribution in [0.1, 0.15) is 36.3 Å². The van der Waals surface area contributed by atoms with E-state index < -0.39 is 24.3 Å². The molecule has 0 aliphatic rings. The number of amides is 3. The third kappa shape index (κ3) is 7.50. The molecule has 164 valence electrons. The minimum atomic E-state index is -4.78. The van der Waals surface area contributed by atoms with Gasteiger partial charge in [0.25, 0.3) is 0 Å². The third-order valence-electron chi connectivity index (χ3n) is 4.11. The molecule has 1 atom stereocenters. The van der Waals surface area contributed by atoms with E-state index in [1.54, 1.807) is 13.8 Å². The normalized spacial score (nSPS) is 11.7. The molecule has 1 heterocycles. The van der Waals surface area contributed by atoms with E-state index in [1.165, 1.54) is 24.3 Å². The summed E-state index contributed by atoms with van der Waals surface area (Å²) in [6, 6.07) is 8.95. The summed E-state index contributed by atoms with van der Waals surface area (Å²) in [7, 11) is 0. The summed E-state index contributed by atoms with van der Waals surface area (Å²) < 4.78 is 40.6. The van der Waals surface area contributed by atoms with Crippen molar-refractivity contribution in [1.29, 1.82) is 5.26 Å². The van der Waals surface area contributed by atoms with Crippen molar-refractivity contribution in [3.05, 3.63) is 53.3 Å². The molecule has 0 aliphatic heterocycles. The first-order chi connectivity index (χ1) is 14.6. The Morgan fingerprint density at radius 1 is 1.19 bits per heavy atom. The molecule has 1 aromatic heterocycles. The van der Waals surface area contributed by atoms with Crippen molar-refractivity contribution in [2.24, 2.45) is 0 Å². The van der Waals surface area contributed by atoms with Crippen LogP contribution < -0.4 is 20.7 Å². The number of nitrogens with one attached hydrogen (secondary N) is 3. The lowest BCUT2D eigenvalue weighted by Crippen LogP contribution is -2.41. The number of ether oxygens (including phenoxy) is 1. The first-order valence-electron chi connectivity index (χ1n) is 9.19. The lowest BCUT2D eigenvalue weighted by Gasteiger charge is -2.18. The van der Waals surface area contributed by atoms with E-state index in [-0.39, 0.29) is 18.0 Å². The van der Waals surface area contributed by atoms with Crippen LogP contribution in [0.2, 0.25) is 0 Å². The number of rotatable bonds is 7. The van der Waals surface area contributed by atoms with Crippen LogP contribution >= 0.6 is 0 Å². The Morgan fingerprint density at radius 3 is 2.42 bits per heavy atom. The molecule has 8 nitrogen and oxygen atoms in total. The molecule has 0 aliphatic carbocycles. The molecule has 3 amide bonds. The van der Waals surface area contributed by atoms with Gasteiger partial charge < -0.3 is 20.7 Å². The van der Waals surface area contributed by atoms with Crippen molar-refractivity contribution in [2.45, 2.75) is 32.7 Å². The summed E-state index contributed by atoms with van der Waals surface area (Å²) in [5.41, 5.74) is 1.67. The van der Waals surface area contributed by atoms with Crippen LogP contribution in [0.25, 0.3) is 0 Å². The molecule has 0 spiro atoms. The predicted molar refractivity (Wildman–Crippen MR) is 105 cm³/mol. The maximum atomic E-state index is 12.2. The fourth-order valence-corrected chi connectivity index (χ4v) is 2.64. The van der Waals surface area contributed by atoms with Crippen molar-refractivity contribution < 1.29 is 27.5 Å². The molecule has 2 rings (SSSR count). The molecule has 3 N–H and O–H groups in total. The largest absolute Gasteiger partial charge is 0.573 e. The van der Waals surface area contributed by atoms with Crippen LogP contribution in [0.3, 0.4) is 0 Å². The van der Waals surface area contributed by atoms with Crippen LogP contribution in [0.4, 0.5) is 23.7 Å². The SMILES string of the molecule is CCC(NC(=O)NCC(=O)Nc1ccc(C#N)nc1C)c1ccc(OC(F)(F)F)cc1. The molecule has 31 heavy (non-hydrogen) atoms. The van der Waals surface area contributed by atoms with Gasteiger partial charge in [-0.1, -0.05) is 19.1 Å². The zero-order valence-corrected chi connectivity index (χ0v) is 16.7. The van der Waals surface area contributed by atoms with Gasteiger partial charge in [0, 0.05) is 0 Å². The summed E-state index contributed by atoms with van der Waals surface area (Å²) in [5, 5.41) is 16.5. The molecule has 0 radical (unpaired) electrons. The van der Waals surface area contributed by atoms with Crippen LogP contribution in [0, 0.1) is 18.3 Å². The number of anilines is 1. The molecule has 11 heteroatoms. The van der Waals surface area contributed by atoms with Gasteiger partial charge in [-0.3, -0.25) is 4.79 Å². The van der Waals surface area contributed by atoms with Crippen LogP contribution in [-0.2, 0) is 4.79 Å². The number of halogens is 3. The number of carbonyl (C=O) groups excluding carboxylic acids is 2. The van der Waals surface area contributed by atoms with Gasteiger partial charge in [-0.05, 0) is 43.2 Å². The van der Waals surface area contributed by atoms with E-state index in [4.69, 9.17) is 5.26 Å². The second-order valence-electron chi connectivity index (χ2n) is 6.39. The summed E-state index contributed by atoms with van der Waals surface area (Å²) in [6.07, 6.45) is -4.31. The quantitative estimate of drug-likeness (QED) is 0.615. The van der Waals surface area contributed by atoms with Gasteiger partial charge in [-0.2, -0.15) is 5.26 Å². The Balaban J connectivity index is 1.87. The number of pyridine rings is 1. The first-order valence-corrected chi connectivity index (χ1v) is 9.19. The third-order valence-corrected chi connectivity index (χ3v) is 4.11. The highest BCUT2D eigenvalue weighted by Gasteiger charge is 2.31. The highest BCUT2D eigenvalue weighted by Crippen LogP contribution is 2.25. The molecular weight excluding hydrogens is 415 g/mol. The second-order valence-corrected chi connectivity index (χ2v) is 6.39. The van der Waals surface area contributed by atoms with Crippen molar-refractivity contribution >= 4 is 17.6 Å². The molecule has 2 aromatic rings. The maximum Gasteiger partial charge on any atom is 0.573 e. The number of aromatic nitrogens is 1. The molecule has 0 fully saturated rings. The number of hydrogen-bond donors (Lipinski definition) is 3. The Kier molecular flexibility index (Phi) is 7.79. The number of aryl methyl sites for hydroxylation is 1. The molecule has 0 saturated carbocycles. The molecular formula is C20H20F3N5O3. The number of alkyl halides is 3. The Morgan fingerprint density at radius 2 is 1.87 bits per heavy atom. The van der Waals surface area contributed by atoms with Gasteiger partial charge in [-0.15, -0.1) is 13.2 Å². The Bertz CT molecular complexity index is 972. The standard InChI is InChI=1S/C20H20F3N5O3/c1-3-16(13-4-7-15(8-5-13)31-20(21,22)23)28-19(30)25-11-18(29)27-17-9-6-14(10-24)26-12(17)2/h4-9,16H,3,11H2,1-2H3,(H,27,29)(H2,25,28,30). The number of hydrogen-bond acceptors (Lipinski definition) is 5. The zero-order chi connectivity index (χ0) is 23.0. The second kappa shape index (κ2) is 10.3. The van der Waals surface area contributed by atoms with E-state index in [0.29, 0.717) is 23.4 Å². The van der Waals surface area contributed by atoms with E-state index in [2.05, 4.69) is 25.7 Å². The van der Waals surface area contributed by atoms with Crippen LogP contribution in [0.15, 0.2) is 36.4 Å². The number of urea groups is 1. The fraction of sp³-hybridized carbons (Fsp3) is 0.300. The number of carbonyl (C=O) groups is 2. The lowest BCUT2D eigenvalue weighted by atomic mass is 10.0. The van der Waals surface area contributed by atoms with Gasteiger partial charge in [0.05, 0.1) is 24.0 Å². The fourth-order valence-electron chi connectivity index (χ4n) is 2.64. The van der Waals surface area contributed by atoms with Crippen molar-refractivity contribution in [2.75, 3.05) is 11.9 Å². The first kappa shape index (κ1) is 23.5. The average Bonchev–Trinajstić information content (AvgIpc) is 2.71. The molecule has 1 unspecified atom stereocenters. The van der Waals surface area contributed by atoms with Gasteiger partial charge in [0.15, 0.2) is 0 Å². The maximum absolute atomic E-state index is 12.2. The Labute approximate surface area is 176 Å². The summed E-state index contributed by atoms with van der Waals surface area (Å²) in [5.74, 6) is -0.855. The number of benzene rings is 1. The van der Waals surface area contributed by atoms with Crippen LogP contribution in [0.5, 0.6) is 5.75 Å². The number of nitriles is 1. The van der Waals surface area contributed by atoms with E-state index >= 15 is 0 Å². The number of nitrogens with zero attached hydrogens (tertiary/aromatic N) is 2. The molecule has 1 aromatic carbocycles. The lowest BCUT2D eigenvalue weighted by molar-refractivity contribution is -0.274. The molecule has 0 saturated heterocycles. The highest BCUT2D eigenvalue weighted by atomic mass is 19.4. The smallest absolute Gasteiger partial charge is 0.406 e. The van der Waals surface area contributed by atoms with Gasteiger partial charge in [-0.25, -0.2) is 9.78 Å². The van der Waals surface area contributed by atoms with Gasteiger partial charge >= 0.3 is 12.4 Å². The Hall–Kier alpha value is -3.81. The van der Waals surface area contributed by atoms with Crippen molar-refractivity contribution in [3.63, 3.8) is 0 Å².